The van der Waals surface area contributed by atoms with Crippen molar-refractivity contribution in [2.24, 2.45) is 0 Å². The van der Waals surface area contributed by atoms with Crippen LogP contribution in [0, 0.1) is 0 Å². The Balaban J connectivity index is -0.0000000415. The Morgan fingerprint density at radius 1 is 0.143 bits per heavy atom. The third-order valence-corrected chi connectivity index (χ3v) is 8.12. The molecule has 0 aliphatic rings. The van der Waals surface area contributed by atoms with E-state index >= 15 is 0 Å². The van der Waals surface area contributed by atoms with Gasteiger partial charge in [-0.2, -0.15) is 39.2 Å². The molecule has 22 heteroatoms. The van der Waals surface area contributed by atoms with Gasteiger partial charge in [0.15, 0.2) is 0 Å². The first-order chi connectivity index (χ1) is 27.2. The fourth-order valence-corrected chi connectivity index (χ4v) is 4.62. The summed E-state index contributed by atoms with van der Waals surface area (Å²) in [6.07, 6.45) is 0. The summed E-state index contributed by atoms with van der Waals surface area (Å²) in [5.41, 5.74) is 0. The van der Waals surface area contributed by atoms with Crippen molar-refractivity contribution in [3.63, 3.8) is 0 Å². The molecule has 0 nitrogen and oxygen atoms in total. The van der Waals surface area contributed by atoms with Gasteiger partial charge in [0.05, 0.1) is 0 Å². The molecule has 0 fully saturated rings. The molecule has 0 spiro atoms. The monoisotopic (exact) mass is 1540 g/mol. The molecule has 0 atom stereocenters. The molecule has 0 amide bonds. The molecular weight excluding hydrogens is 1500 g/mol. The van der Waals surface area contributed by atoms with Crippen LogP contribution >= 0.6 is 0 Å². The van der Waals surface area contributed by atoms with E-state index < -0.39 is 0 Å². The standard InChI is InChI=1S/8C6H6S.8Co.6H2S/c8*7-6-4-2-1-3-5-6;;;;;;;;;;;;;;/h8*1-5,7H;;;;;;;;;6*1H2/q;;;;;;;;;;;;;;2*+3;;;;;;/p-14. The van der Waals surface area contributed by atoms with Gasteiger partial charge < -0.3 is 182 Å². The summed E-state index contributed by atoms with van der Waals surface area (Å²) in [6.45, 7) is 0. The first kappa shape index (κ1) is 108. The van der Waals surface area contributed by atoms with E-state index in [1.165, 1.54) is 0 Å². The number of benzene rings is 8. The second kappa shape index (κ2) is 79.5. The smallest absolute Gasteiger partial charge is 0.813 e. The normalized spacial score (nSPS) is 6.86. The van der Waals surface area contributed by atoms with Gasteiger partial charge in [-0.3, -0.25) is 0 Å². The summed E-state index contributed by atoms with van der Waals surface area (Å²) in [7, 11) is 0. The van der Waals surface area contributed by atoms with Crippen LogP contribution in [0.1, 0.15) is 0 Å². The number of hydrogen-bond acceptors (Lipinski definition) is 14. The summed E-state index contributed by atoms with van der Waals surface area (Å²) in [5, 5.41) is 0. The Morgan fingerprint density at radius 2 is 0.200 bits per heavy atom. The minimum absolute atomic E-state index is 0. The maximum absolute atomic E-state index is 4.81. The van der Waals surface area contributed by atoms with Gasteiger partial charge in [-0.05, 0) is 0 Å². The molecular formula is C48H46Co8S14-8. The van der Waals surface area contributed by atoms with Crippen LogP contribution in [0.15, 0.2) is 282 Å². The number of hydrogen-bond donors (Lipinski definition) is 0. The molecule has 0 N–H and O–H groups in total. The summed E-state index contributed by atoms with van der Waals surface area (Å²) in [5.74, 6) is 0. The zero-order chi connectivity index (χ0) is 40.9. The predicted molar refractivity (Wildman–Crippen MR) is 309 cm³/mol. The molecule has 0 bridgehead atoms. The van der Waals surface area contributed by atoms with E-state index in [0.29, 0.717) is 0 Å². The van der Waals surface area contributed by atoms with Gasteiger partial charge >= 0.3 is 33.6 Å². The quantitative estimate of drug-likeness (QED) is 0.105. The van der Waals surface area contributed by atoms with Crippen LogP contribution in [0.25, 0.3) is 0 Å². The maximum atomic E-state index is 4.81. The van der Waals surface area contributed by atoms with Crippen molar-refractivity contribution in [3.8, 4) is 0 Å². The first-order valence-electron chi connectivity index (χ1n) is 16.9. The first-order valence-corrected chi connectivity index (χ1v) is 20.2. The SMILES string of the molecule is [Co+3].[Co+3].[Co].[Co].[Co].[Co].[Co].[Co].[S-]c1ccccc1.[S-]c1ccccc1.[S-]c1ccccc1.[S-]c1ccccc1.[S-]c1ccccc1.[S-]c1ccccc1.[S-]c1ccccc1.[S-]c1ccccc1.[SH-].[SH-].[SH-].[SH-].[SH-].[SH-]. The zero-order valence-corrected chi connectivity index (χ0v) is 55.9. The molecule has 70 heavy (non-hydrogen) atoms. The Morgan fingerprint density at radius 3 is 0.229 bits per heavy atom. The van der Waals surface area contributed by atoms with Gasteiger partial charge in [0.1, 0.15) is 0 Å². The third kappa shape index (κ3) is 76.2. The molecule has 0 saturated heterocycles. The molecule has 0 aromatic heterocycles. The molecule has 0 aliphatic carbocycles. The van der Waals surface area contributed by atoms with Gasteiger partial charge in [-0.25, -0.2) is 0 Å². The van der Waals surface area contributed by atoms with Crippen molar-refractivity contribution < 1.29 is 134 Å². The van der Waals surface area contributed by atoms with Crippen LogP contribution in [0.3, 0.4) is 0 Å². The van der Waals surface area contributed by atoms with Crippen molar-refractivity contribution in [2.75, 3.05) is 0 Å². The fourth-order valence-electron chi connectivity index (χ4n) is 3.36. The summed E-state index contributed by atoms with van der Waals surface area (Å²) < 4.78 is 0. The van der Waals surface area contributed by atoms with E-state index in [1.54, 1.807) is 0 Å². The number of thiol groups is 6. The van der Waals surface area contributed by atoms with Crippen molar-refractivity contribution in [1.82, 2.24) is 0 Å². The Bertz CT molecular complexity index is 1570. The van der Waals surface area contributed by atoms with Crippen LogP contribution in [-0.4, -0.2) is 0 Å². The summed E-state index contributed by atoms with van der Waals surface area (Å²) >= 11 is 38.5. The average Bonchev–Trinajstić information content (AvgIpc) is 3.22. The zero-order valence-electron chi connectivity index (χ0n) is 35.7. The molecule has 8 aromatic carbocycles. The van der Waals surface area contributed by atoms with E-state index in [4.69, 9.17) is 101 Å². The predicted octanol–water partition coefficient (Wildman–Crippen LogP) is 11.1. The van der Waals surface area contributed by atoms with Crippen molar-refractivity contribution >= 4 is 182 Å². The summed E-state index contributed by atoms with van der Waals surface area (Å²) in [4.78, 5) is 7.24. The van der Waals surface area contributed by atoms with Gasteiger partial charge in [0.25, 0.3) is 0 Å². The minimum atomic E-state index is 0. The topological polar surface area (TPSA) is 0 Å². The molecule has 402 valence electrons. The fraction of sp³-hybridized carbons (Fsp3) is 0. The largest absolute Gasteiger partial charge is 3.00 e. The van der Waals surface area contributed by atoms with Crippen LogP contribution in [-0.2, 0) is 316 Å². The van der Waals surface area contributed by atoms with Crippen LogP contribution < -0.4 is 0 Å². The Kier molecular flexibility index (Phi) is 122. The van der Waals surface area contributed by atoms with E-state index in [1.807, 2.05) is 243 Å². The van der Waals surface area contributed by atoms with E-state index in [-0.39, 0.29) is 215 Å². The van der Waals surface area contributed by atoms with Crippen LogP contribution in [0.2, 0.25) is 0 Å². The van der Waals surface area contributed by atoms with Crippen molar-refractivity contribution in [3.05, 3.63) is 243 Å². The molecule has 0 unspecified atom stereocenters. The third-order valence-electron chi connectivity index (χ3n) is 5.95. The molecule has 6 radical (unpaired) electrons. The molecule has 0 heterocycles. The van der Waals surface area contributed by atoms with Gasteiger partial charge in [-0.1, -0.05) is 243 Å². The maximum Gasteiger partial charge on any atom is 3.00 e. The van der Waals surface area contributed by atoms with Crippen LogP contribution in [0.5, 0.6) is 0 Å². The van der Waals surface area contributed by atoms with E-state index in [9.17, 15) is 0 Å². The van der Waals surface area contributed by atoms with Gasteiger partial charge in [0, 0.05) is 101 Å². The second-order valence-electron chi connectivity index (χ2n) is 10.5. The van der Waals surface area contributed by atoms with Crippen molar-refractivity contribution in [2.45, 2.75) is 39.2 Å². The number of rotatable bonds is 0. The molecule has 8 rings (SSSR count). The molecule has 8 aromatic rings. The van der Waals surface area contributed by atoms with E-state index in [2.05, 4.69) is 0 Å². The Labute approximate surface area is 589 Å². The molecule has 0 saturated carbocycles. The minimum Gasteiger partial charge on any atom is -0.813 e. The van der Waals surface area contributed by atoms with Crippen LogP contribution in [0.4, 0.5) is 0 Å². The summed E-state index contributed by atoms with van der Waals surface area (Å²) in [6, 6.07) is 76.9. The Hall–Kier alpha value is 1.67. The van der Waals surface area contributed by atoms with Gasteiger partial charge in [0.2, 0.25) is 0 Å². The average molecular weight is 1540 g/mol. The van der Waals surface area contributed by atoms with E-state index in [0.717, 1.165) is 39.2 Å². The second-order valence-corrected chi connectivity index (χ2v) is 14.3. The molecule has 0 aliphatic heterocycles. The van der Waals surface area contributed by atoms with Gasteiger partial charge in [-0.15, -0.1) is 0 Å². The van der Waals surface area contributed by atoms with Crippen molar-refractivity contribution in [1.29, 1.82) is 0 Å².